The largest absolute Gasteiger partial charge is 0.334 e. The van der Waals surface area contributed by atoms with E-state index in [1.54, 1.807) is 16.1 Å². The maximum absolute atomic E-state index is 2.71. The Kier molecular flexibility index (Phi) is 7.83. The Bertz CT molecular complexity index is 3050. The molecular formula is C56H46N2S2. The van der Waals surface area contributed by atoms with E-state index in [4.69, 9.17) is 0 Å². The number of thioether (sulfide) groups is 2. The van der Waals surface area contributed by atoms with Crippen LogP contribution in [0.5, 0.6) is 0 Å². The van der Waals surface area contributed by atoms with Gasteiger partial charge in [-0.3, -0.25) is 0 Å². The molecule has 4 heteroatoms. The van der Waals surface area contributed by atoms with Gasteiger partial charge in [-0.25, -0.2) is 0 Å². The molecule has 2 aliphatic heterocycles. The van der Waals surface area contributed by atoms with Gasteiger partial charge in [-0.1, -0.05) is 141 Å². The molecule has 2 nitrogen and oxygen atoms in total. The summed E-state index contributed by atoms with van der Waals surface area (Å²) in [7, 11) is 0. The fourth-order valence-electron chi connectivity index (χ4n) is 11.6. The minimum Gasteiger partial charge on any atom is -0.334 e. The van der Waals surface area contributed by atoms with Crippen molar-refractivity contribution >= 4 is 78.6 Å². The molecule has 5 aliphatic carbocycles. The van der Waals surface area contributed by atoms with Crippen molar-refractivity contribution in [1.82, 2.24) is 0 Å². The van der Waals surface area contributed by atoms with Crippen LogP contribution in [0.1, 0.15) is 44.6 Å². The van der Waals surface area contributed by atoms with E-state index in [9.17, 15) is 0 Å². The third kappa shape index (κ3) is 5.23. The molecule has 0 radical (unpaired) electrons. The van der Waals surface area contributed by atoms with Crippen molar-refractivity contribution in [2.24, 2.45) is 17.3 Å². The first-order valence-electron chi connectivity index (χ1n) is 21.9. The second kappa shape index (κ2) is 13.3. The average Bonchev–Trinajstić information content (AvgIpc) is 3.64. The summed E-state index contributed by atoms with van der Waals surface area (Å²) < 4.78 is 0. The predicted octanol–water partition coefficient (Wildman–Crippen LogP) is 15.3. The van der Waals surface area contributed by atoms with Crippen molar-refractivity contribution < 1.29 is 0 Å². The number of rotatable bonds is 6. The van der Waals surface area contributed by atoms with Crippen LogP contribution in [0.15, 0.2) is 197 Å². The lowest BCUT2D eigenvalue weighted by Gasteiger charge is -2.43. The van der Waals surface area contributed by atoms with Gasteiger partial charge < -0.3 is 9.80 Å². The lowest BCUT2D eigenvalue weighted by molar-refractivity contribution is 0.386. The van der Waals surface area contributed by atoms with Crippen LogP contribution < -0.4 is 9.80 Å². The zero-order chi connectivity index (χ0) is 39.7. The molecule has 0 N–H and O–H groups in total. The maximum Gasteiger partial charge on any atom is 0.0560 e. The second-order valence-corrected chi connectivity index (χ2v) is 20.5. The minimum absolute atomic E-state index is 0.0515. The van der Waals surface area contributed by atoms with Crippen molar-refractivity contribution in [2.45, 2.75) is 60.5 Å². The average molecular weight is 811 g/mol. The van der Waals surface area contributed by atoms with Crippen molar-refractivity contribution in [3.63, 3.8) is 0 Å². The monoisotopic (exact) mass is 810 g/mol. The highest BCUT2D eigenvalue weighted by molar-refractivity contribution is 8.04. The molecule has 0 aromatic heterocycles. The number of hydrogen-bond acceptors (Lipinski definition) is 4. The van der Waals surface area contributed by atoms with Gasteiger partial charge in [0.05, 0.1) is 17.4 Å². The van der Waals surface area contributed by atoms with E-state index in [1.807, 2.05) is 11.8 Å². The van der Waals surface area contributed by atoms with Gasteiger partial charge in [-0.05, 0) is 106 Å². The molecule has 1 saturated carbocycles. The summed E-state index contributed by atoms with van der Waals surface area (Å²) in [6.07, 6.45) is 27.0. The molecule has 0 saturated heterocycles. The number of fused-ring (bicyclic) bond motifs is 12. The smallest absolute Gasteiger partial charge is 0.0560 e. The molecule has 6 aromatic rings. The standard InChI is InChI=1S/C56H46N2S2/c1-34-27-54-56(2,55-44-28-35(44)29-53(55)60-54)33-50(34)58(37-17-7-4-8-18-37)49-32-46-39-19-9-11-21-41(39)48(31-45(46)40-20-10-12-22-42(40)49)57(36-15-5-3-6-16-36)38-25-26-52-47(30-38)43-23-13-14-24-51(43)59-52/h3-15,17-26,29-34,36,43-44,51,54H,16,27-28H2,1-2H3. The first-order valence-corrected chi connectivity index (χ1v) is 23.6. The van der Waals surface area contributed by atoms with Gasteiger partial charge in [-0.2, -0.15) is 0 Å². The first kappa shape index (κ1) is 35.3. The van der Waals surface area contributed by atoms with Crippen LogP contribution in [0.25, 0.3) is 32.3 Å². The number of benzene rings is 6. The van der Waals surface area contributed by atoms with Crippen LogP contribution in [-0.4, -0.2) is 16.5 Å². The maximum atomic E-state index is 2.71. The van der Waals surface area contributed by atoms with Crippen LogP contribution in [0, 0.1) is 17.3 Å². The van der Waals surface area contributed by atoms with Crippen LogP contribution in [0.4, 0.5) is 22.7 Å². The number of para-hydroxylation sites is 1. The predicted molar refractivity (Wildman–Crippen MR) is 258 cm³/mol. The normalized spacial score (nSPS) is 27.8. The van der Waals surface area contributed by atoms with E-state index in [1.165, 1.54) is 84.1 Å². The van der Waals surface area contributed by atoms with E-state index in [0.29, 0.717) is 28.3 Å². The Hall–Kier alpha value is -5.42. The van der Waals surface area contributed by atoms with Crippen molar-refractivity contribution in [3.05, 3.63) is 197 Å². The molecule has 292 valence electrons. The molecule has 2 heterocycles. The van der Waals surface area contributed by atoms with Crippen molar-refractivity contribution in [2.75, 3.05) is 9.80 Å². The third-order valence-corrected chi connectivity index (χ3v) is 17.5. The quantitative estimate of drug-likeness (QED) is 0.155. The van der Waals surface area contributed by atoms with E-state index >= 15 is 0 Å². The first-order chi connectivity index (χ1) is 29.5. The fraction of sp³-hybridized carbons (Fsp3) is 0.214. The molecule has 1 fully saturated rings. The highest BCUT2D eigenvalue weighted by Gasteiger charge is 2.56. The van der Waals surface area contributed by atoms with E-state index in [0.717, 1.165) is 6.42 Å². The van der Waals surface area contributed by atoms with Crippen LogP contribution >= 0.6 is 23.5 Å². The zero-order valence-corrected chi connectivity index (χ0v) is 35.6. The molecule has 0 bridgehead atoms. The summed E-state index contributed by atoms with van der Waals surface area (Å²) in [6, 6.07) is 42.1. The molecule has 7 aliphatic rings. The third-order valence-electron chi connectivity index (χ3n) is 14.6. The molecule has 7 atom stereocenters. The van der Waals surface area contributed by atoms with Gasteiger partial charge in [0.2, 0.25) is 0 Å². The number of anilines is 4. The van der Waals surface area contributed by atoms with Crippen molar-refractivity contribution in [3.8, 4) is 0 Å². The summed E-state index contributed by atoms with van der Waals surface area (Å²) in [5, 5.41) is 8.81. The van der Waals surface area contributed by atoms with Gasteiger partial charge in [0.1, 0.15) is 0 Å². The SMILES string of the molecule is CC1CC2SC3=C(C4CC4=C3)C2(C)C=C1N(c1ccccc1)c1cc2c3ccccc3c(N(c3ccc4c(c3)C3C=CC=CC3S4)C3C=CC=CC3)cc2c2ccccc12. The molecule has 60 heavy (non-hydrogen) atoms. The Morgan fingerprint density at radius 3 is 2.17 bits per heavy atom. The molecule has 0 spiro atoms. The van der Waals surface area contributed by atoms with Crippen LogP contribution in [-0.2, 0) is 0 Å². The molecule has 6 aromatic carbocycles. The van der Waals surface area contributed by atoms with Gasteiger partial charge in [0.25, 0.3) is 0 Å². The summed E-state index contributed by atoms with van der Waals surface area (Å²) >= 11 is 4.16. The highest BCUT2D eigenvalue weighted by atomic mass is 32.2. The van der Waals surface area contributed by atoms with Crippen LogP contribution in [0.2, 0.25) is 0 Å². The van der Waals surface area contributed by atoms with E-state index in [2.05, 4.69) is 205 Å². The zero-order valence-electron chi connectivity index (χ0n) is 34.0. The Morgan fingerprint density at radius 2 is 1.38 bits per heavy atom. The van der Waals surface area contributed by atoms with Crippen LogP contribution in [0.3, 0.4) is 0 Å². The van der Waals surface area contributed by atoms with Gasteiger partial charge >= 0.3 is 0 Å². The van der Waals surface area contributed by atoms with E-state index in [-0.39, 0.29) is 11.5 Å². The number of nitrogens with zero attached hydrogens (tertiary/aromatic N) is 2. The minimum atomic E-state index is 0.0515. The summed E-state index contributed by atoms with van der Waals surface area (Å²) in [5.74, 6) is 1.48. The summed E-state index contributed by atoms with van der Waals surface area (Å²) in [4.78, 5) is 8.26. The Labute approximate surface area is 361 Å². The fourth-order valence-corrected chi connectivity index (χ4v) is 14.8. The Balaban J connectivity index is 1.04. The molecule has 0 amide bonds. The summed E-state index contributed by atoms with van der Waals surface area (Å²) in [6.45, 7) is 5.02. The van der Waals surface area contributed by atoms with Gasteiger partial charge in [0.15, 0.2) is 0 Å². The van der Waals surface area contributed by atoms with E-state index < -0.39 is 0 Å². The number of hydrogen-bond donors (Lipinski definition) is 0. The van der Waals surface area contributed by atoms with Crippen molar-refractivity contribution in [1.29, 1.82) is 0 Å². The Morgan fingerprint density at radius 1 is 0.667 bits per heavy atom. The lowest BCUT2D eigenvalue weighted by atomic mass is 9.69. The highest BCUT2D eigenvalue weighted by Crippen LogP contribution is 2.68. The number of allylic oxidation sites excluding steroid dienone is 10. The lowest BCUT2D eigenvalue weighted by Crippen LogP contribution is -2.37. The second-order valence-electron chi connectivity index (χ2n) is 18.1. The van der Waals surface area contributed by atoms with Gasteiger partial charge in [-0.15, -0.1) is 23.5 Å². The topological polar surface area (TPSA) is 6.48 Å². The molecule has 13 rings (SSSR count). The summed E-state index contributed by atoms with van der Waals surface area (Å²) in [5.41, 5.74) is 11.3. The molecule has 7 unspecified atom stereocenters. The molecular weight excluding hydrogens is 765 g/mol. The van der Waals surface area contributed by atoms with Gasteiger partial charge in [0, 0.05) is 65.4 Å².